The van der Waals surface area contributed by atoms with E-state index in [1.165, 1.54) is 0 Å². The molecule has 1 aromatic carbocycles. The van der Waals surface area contributed by atoms with Crippen molar-refractivity contribution in [3.05, 3.63) is 46.9 Å². The first kappa shape index (κ1) is 12.3. The van der Waals surface area contributed by atoms with Crippen LogP contribution in [0.25, 0.3) is 11.5 Å². The number of nitrogens with two attached hydrogens (primary N) is 1. The van der Waals surface area contributed by atoms with Crippen LogP contribution in [0.5, 0.6) is 0 Å². The molecular weight excluding hydrogens is 278 g/mol. The first-order valence-corrected chi connectivity index (χ1v) is 7.58. The molecule has 2 N–H and O–H groups in total. The summed E-state index contributed by atoms with van der Waals surface area (Å²) in [6.07, 6.45) is 0. The standard InChI is InChI=1S/C13H11N3OS2/c14-10-3-1-2-4-11(10)19-8-12-15-13(17-16-12)9-5-6-18-7-9/h1-7H,8,14H2. The SMILES string of the molecule is Nc1ccccc1SCc1noc(-c2ccsc2)n1. The number of aromatic nitrogens is 2. The molecule has 3 aromatic rings. The van der Waals surface area contributed by atoms with Crippen LogP contribution < -0.4 is 5.73 Å². The highest BCUT2D eigenvalue weighted by atomic mass is 32.2. The molecule has 0 amide bonds. The van der Waals surface area contributed by atoms with Crippen LogP contribution in [0.15, 0.2) is 50.5 Å². The van der Waals surface area contributed by atoms with Crippen LogP contribution in [0.1, 0.15) is 5.82 Å². The molecule has 96 valence electrons. The Morgan fingerprint density at radius 3 is 2.95 bits per heavy atom. The quantitative estimate of drug-likeness (QED) is 0.586. The first-order chi connectivity index (χ1) is 9.33. The second-order valence-electron chi connectivity index (χ2n) is 3.85. The van der Waals surface area contributed by atoms with E-state index in [4.69, 9.17) is 10.3 Å². The molecule has 6 heteroatoms. The van der Waals surface area contributed by atoms with Crippen molar-refractivity contribution in [3.63, 3.8) is 0 Å². The van der Waals surface area contributed by atoms with Gasteiger partial charge in [0.05, 0.1) is 11.3 Å². The summed E-state index contributed by atoms with van der Waals surface area (Å²) in [6.45, 7) is 0. The van der Waals surface area contributed by atoms with Gasteiger partial charge in [-0.05, 0) is 23.6 Å². The number of nitrogens with zero attached hydrogens (tertiary/aromatic N) is 2. The highest BCUT2D eigenvalue weighted by molar-refractivity contribution is 7.98. The second-order valence-corrected chi connectivity index (χ2v) is 5.65. The Morgan fingerprint density at radius 2 is 2.16 bits per heavy atom. The van der Waals surface area contributed by atoms with E-state index in [0.29, 0.717) is 17.5 Å². The zero-order valence-electron chi connectivity index (χ0n) is 9.95. The van der Waals surface area contributed by atoms with Crippen LogP contribution in [0, 0.1) is 0 Å². The Bertz CT molecular complexity index is 664. The maximum absolute atomic E-state index is 5.88. The number of benzene rings is 1. The van der Waals surface area contributed by atoms with E-state index in [1.54, 1.807) is 23.1 Å². The smallest absolute Gasteiger partial charge is 0.258 e. The molecule has 0 saturated carbocycles. The monoisotopic (exact) mass is 289 g/mol. The van der Waals surface area contributed by atoms with Gasteiger partial charge in [-0.3, -0.25) is 0 Å². The number of para-hydroxylation sites is 1. The fraction of sp³-hybridized carbons (Fsp3) is 0.0769. The van der Waals surface area contributed by atoms with E-state index in [0.717, 1.165) is 16.1 Å². The number of thioether (sulfide) groups is 1. The van der Waals surface area contributed by atoms with Crippen LogP contribution in [0.3, 0.4) is 0 Å². The third-order valence-electron chi connectivity index (χ3n) is 2.51. The van der Waals surface area contributed by atoms with Crippen molar-refractivity contribution in [2.45, 2.75) is 10.6 Å². The Hall–Kier alpha value is -1.79. The van der Waals surface area contributed by atoms with Gasteiger partial charge in [-0.2, -0.15) is 16.3 Å². The van der Waals surface area contributed by atoms with E-state index < -0.39 is 0 Å². The summed E-state index contributed by atoms with van der Waals surface area (Å²) in [4.78, 5) is 5.40. The van der Waals surface area contributed by atoms with E-state index in [2.05, 4.69) is 10.1 Å². The van der Waals surface area contributed by atoms with Crippen LogP contribution in [-0.4, -0.2) is 10.1 Å². The highest BCUT2D eigenvalue weighted by Crippen LogP contribution is 2.28. The van der Waals surface area contributed by atoms with Crippen LogP contribution >= 0.6 is 23.1 Å². The van der Waals surface area contributed by atoms with Gasteiger partial charge >= 0.3 is 0 Å². The number of hydrogen-bond acceptors (Lipinski definition) is 6. The van der Waals surface area contributed by atoms with Crippen molar-refractivity contribution in [1.29, 1.82) is 0 Å². The lowest BCUT2D eigenvalue weighted by Gasteiger charge is -2.01. The molecular formula is C13H11N3OS2. The number of anilines is 1. The summed E-state index contributed by atoms with van der Waals surface area (Å²) in [7, 11) is 0. The molecule has 0 bridgehead atoms. The van der Waals surface area contributed by atoms with E-state index >= 15 is 0 Å². The summed E-state index contributed by atoms with van der Waals surface area (Å²) in [5.74, 6) is 1.88. The maximum atomic E-state index is 5.88. The molecule has 0 aliphatic rings. The van der Waals surface area contributed by atoms with Gasteiger partial charge in [-0.1, -0.05) is 17.3 Å². The minimum absolute atomic E-state index is 0.567. The molecule has 0 radical (unpaired) electrons. The van der Waals surface area contributed by atoms with Crippen molar-refractivity contribution < 1.29 is 4.52 Å². The molecule has 3 rings (SSSR count). The molecule has 0 aliphatic carbocycles. The zero-order valence-corrected chi connectivity index (χ0v) is 11.6. The predicted octanol–water partition coefficient (Wildman–Crippen LogP) is 3.67. The minimum Gasteiger partial charge on any atom is -0.398 e. The Labute approximate surface area is 118 Å². The van der Waals surface area contributed by atoms with Gasteiger partial charge in [0.2, 0.25) is 0 Å². The summed E-state index contributed by atoms with van der Waals surface area (Å²) in [5.41, 5.74) is 7.62. The average Bonchev–Trinajstić information content (AvgIpc) is 3.09. The fourth-order valence-electron chi connectivity index (χ4n) is 1.57. The second kappa shape index (κ2) is 5.46. The predicted molar refractivity (Wildman–Crippen MR) is 78.0 cm³/mol. The van der Waals surface area contributed by atoms with Crippen LogP contribution in [-0.2, 0) is 5.75 Å². The number of nitrogen functional groups attached to an aromatic ring is 1. The molecule has 2 heterocycles. The molecule has 19 heavy (non-hydrogen) atoms. The van der Waals surface area contributed by atoms with Crippen LogP contribution in [0.2, 0.25) is 0 Å². The molecule has 0 unspecified atom stereocenters. The molecule has 0 aliphatic heterocycles. The Balaban J connectivity index is 1.70. The molecule has 0 spiro atoms. The first-order valence-electron chi connectivity index (χ1n) is 5.65. The number of hydrogen-bond donors (Lipinski definition) is 1. The molecule has 0 fully saturated rings. The van der Waals surface area contributed by atoms with E-state index in [1.807, 2.05) is 41.1 Å². The van der Waals surface area contributed by atoms with Gasteiger partial charge in [0.1, 0.15) is 0 Å². The Morgan fingerprint density at radius 1 is 1.26 bits per heavy atom. The number of rotatable bonds is 4. The normalized spacial score (nSPS) is 10.7. The van der Waals surface area contributed by atoms with Crippen molar-refractivity contribution >= 4 is 28.8 Å². The Kier molecular flexibility index (Phi) is 3.52. The van der Waals surface area contributed by atoms with Gasteiger partial charge in [-0.15, -0.1) is 11.8 Å². The summed E-state index contributed by atoms with van der Waals surface area (Å²) in [6, 6.07) is 9.72. The minimum atomic E-state index is 0.567. The van der Waals surface area contributed by atoms with Crippen molar-refractivity contribution in [2.24, 2.45) is 0 Å². The van der Waals surface area contributed by atoms with Gasteiger partial charge in [0.15, 0.2) is 5.82 Å². The molecule has 0 atom stereocenters. The van der Waals surface area contributed by atoms with Gasteiger partial charge in [-0.25, -0.2) is 0 Å². The average molecular weight is 289 g/mol. The van der Waals surface area contributed by atoms with E-state index in [-0.39, 0.29) is 0 Å². The van der Waals surface area contributed by atoms with Crippen LogP contribution in [0.4, 0.5) is 5.69 Å². The molecule has 4 nitrogen and oxygen atoms in total. The lowest BCUT2D eigenvalue weighted by Crippen LogP contribution is -1.89. The van der Waals surface area contributed by atoms with Gasteiger partial charge in [0.25, 0.3) is 5.89 Å². The zero-order chi connectivity index (χ0) is 13.1. The highest BCUT2D eigenvalue weighted by Gasteiger charge is 2.09. The van der Waals surface area contributed by atoms with Crippen molar-refractivity contribution in [1.82, 2.24) is 10.1 Å². The van der Waals surface area contributed by atoms with E-state index in [9.17, 15) is 0 Å². The lowest BCUT2D eigenvalue weighted by molar-refractivity contribution is 0.425. The molecule has 0 saturated heterocycles. The summed E-state index contributed by atoms with van der Waals surface area (Å²) >= 11 is 3.21. The fourth-order valence-corrected chi connectivity index (χ4v) is 3.01. The van der Waals surface area contributed by atoms with Gasteiger partial charge in [0, 0.05) is 16.0 Å². The van der Waals surface area contributed by atoms with Gasteiger partial charge < -0.3 is 10.3 Å². The third-order valence-corrected chi connectivity index (χ3v) is 4.28. The number of thiophene rings is 1. The third kappa shape index (κ3) is 2.80. The molecule has 2 aromatic heterocycles. The topological polar surface area (TPSA) is 64.9 Å². The summed E-state index contributed by atoms with van der Waals surface area (Å²) < 4.78 is 5.23. The maximum Gasteiger partial charge on any atom is 0.258 e. The lowest BCUT2D eigenvalue weighted by atomic mass is 10.3. The van der Waals surface area contributed by atoms with Crippen molar-refractivity contribution in [3.8, 4) is 11.5 Å². The largest absolute Gasteiger partial charge is 0.398 e. The van der Waals surface area contributed by atoms with Crippen molar-refractivity contribution in [2.75, 3.05) is 5.73 Å². The summed E-state index contributed by atoms with van der Waals surface area (Å²) in [5, 5.41) is 7.94.